The summed E-state index contributed by atoms with van der Waals surface area (Å²) in [4.78, 5) is 6.41. The minimum atomic E-state index is -3.52. The Morgan fingerprint density at radius 3 is 2.65 bits per heavy atom. The lowest BCUT2D eigenvalue weighted by molar-refractivity contribution is 0.293. The molecule has 1 aromatic heterocycles. The molecule has 0 spiro atoms. The van der Waals surface area contributed by atoms with Crippen LogP contribution in [0.15, 0.2) is 23.2 Å². The third kappa shape index (κ3) is 4.73. The van der Waals surface area contributed by atoms with Crippen LogP contribution >= 0.6 is 0 Å². The van der Waals surface area contributed by atoms with Gasteiger partial charge in [-0.25, -0.2) is 18.1 Å². The predicted octanol–water partition coefficient (Wildman–Crippen LogP) is 1.13. The number of nitrogens with zero attached hydrogens (tertiary/aromatic N) is 2. The summed E-state index contributed by atoms with van der Waals surface area (Å²) in [6.45, 7) is 7.19. The highest BCUT2D eigenvalue weighted by Gasteiger charge is 2.18. The predicted molar refractivity (Wildman–Crippen MR) is 81.4 cm³/mol. The van der Waals surface area contributed by atoms with Gasteiger partial charge in [0.25, 0.3) is 0 Å². The van der Waals surface area contributed by atoms with E-state index in [1.807, 2.05) is 0 Å². The fourth-order valence-corrected chi connectivity index (χ4v) is 3.14. The molecule has 7 heteroatoms. The van der Waals surface area contributed by atoms with Gasteiger partial charge in [0.2, 0.25) is 10.0 Å². The molecule has 0 fully saturated rings. The average Bonchev–Trinajstić information content (AvgIpc) is 2.46. The van der Waals surface area contributed by atoms with Gasteiger partial charge in [-0.1, -0.05) is 13.8 Å². The second kappa shape index (κ2) is 8.18. The highest BCUT2D eigenvalue weighted by Crippen LogP contribution is 2.16. The first kappa shape index (κ1) is 16.9. The second-order valence-corrected chi connectivity index (χ2v) is 6.17. The maximum atomic E-state index is 12.2. The number of aromatic nitrogens is 1. The molecule has 0 saturated heterocycles. The average molecular weight is 300 g/mol. The van der Waals surface area contributed by atoms with Crippen molar-refractivity contribution in [2.75, 3.05) is 38.5 Å². The molecule has 0 unspecified atom stereocenters. The van der Waals surface area contributed by atoms with Crippen LogP contribution in [0, 0.1) is 0 Å². The molecule has 0 aliphatic carbocycles. The van der Waals surface area contributed by atoms with Crippen LogP contribution in [0.1, 0.15) is 20.3 Å². The summed E-state index contributed by atoms with van der Waals surface area (Å²) in [5, 5.41) is 2.79. The van der Waals surface area contributed by atoms with Gasteiger partial charge in [0.1, 0.15) is 10.7 Å². The maximum absolute atomic E-state index is 12.2. The number of anilines is 1. The molecule has 1 aromatic rings. The molecule has 1 rings (SSSR count). The molecule has 0 atom stereocenters. The number of likely N-dealkylation sites (N-methyl/N-ethyl adjacent to an activating group) is 1. The number of hydrogen-bond acceptors (Lipinski definition) is 5. The van der Waals surface area contributed by atoms with Crippen LogP contribution in [0.3, 0.4) is 0 Å². The van der Waals surface area contributed by atoms with E-state index in [-0.39, 0.29) is 4.90 Å². The summed E-state index contributed by atoms with van der Waals surface area (Å²) in [6, 6.07) is 3.16. The van der Waals surface area contributed by atoms with Crippen LogP contribution in [0.4, 0.5) is 5.82 Å². The van der Waals surface area contributed by atoms with Gasteiger partial charge in [-0.05, 0) is 31.6 Å². The standard InChI is InChI=1S/C13H24N4O2S/c1-4-10-17(5-2)11-9-16-20(18,19)12-7-6-8-15-13(12)14-3/h6-8,16H,4-5,9-11H2,1-3H3,(H,14,15). The van der Waals surface area contributed by atoms with Crippen LogP contribution in [-0.2, 0) is 10.0 Å². The normalized spacial score (nSPS) is 11.8. The zero-order valence-electron chi connectivity index (χ0n) is 12.4. The van der Waals surface area contributed by atoms with Crippen LogP contribution in [0.5, 0.6) is 0 Å². The molecule has 0 saturated carbocycles. The minimum absolute atomic E-state index is 0.182. The largest absolute Gasteiger partial charge is 0.372 e. The number of nitrogens with one attached hydrogen (secondary N) is 2. The molecular weight excluding hydrogens is 276 g/mol. The fraction of sp³-hybridized carbons (Fsp3) is 0.615. The van der Waals surface area contributed by atoms with Crippen molar-refractivity contribution >= 4 is 15.8 Å². The van der Waals surface area contributed by atoms with Gasteiger partial charge in [-0.15, -0.1) is 0 Å². The van der Waals surface area contributed by atoms with Gasteiger partial charge in [-0.2, -0.15) is 0 Å². The molecule has 1 heterocycles. The number of sulfonamides is 1. The molecule has 2 N–H and O–H groups in total. The Balaban J connectivity index is 2.66. The molecule has 0 aliphatic rings. The topological polar surface area (TPSA) is 74.3 Å². The Labute approximate surface area is 121 Å². The molecular formula is C13H24N4O2S. The van der Waals surface area contributed by atoms with Crippen molar-refractivity contribution in [3.8, 4) is 0 Å². The summed E-state index contributed by atoms with van der Waals surface area (Å²) < 4.78 is 27.1. The SMILES string of the molecule is CCCN(CC)CCNS(=O)(=O)c1cccnc1NC. The molecule has 0 bridgehead atoms. The van der Waals surface area contributed by atoms with Crippen molar-refractivity contribution in [1.29, 1.82) is 0 Å². The summed E-state index contributed by atoms with van der Waals surface area (Å²) in [7, 11) is -1.87. The van der Waals surface area contributed by atoms with Crippen molar-refractivity contribution in [3.63, 3.8) is 0 Å². The summed E-state index contributed by atoms with van der Waals surface area (Å²) in [5.74, 6) is 0.362. The molecule has 6 nitrogen and oxygen atoms in total. The van der Waals surface area contributed by atoms with Crippen molar-refractivity contribution in [2.45, 2.75) is 25.2 Å². The van der Waals surface area contributed by atoms with E-state index in [0.29, 0.717) is 18.9 Å². The lowest BCUT2D eigenvalue weighted by Gasteiger charge is -2.19. The maximum Gasteiger partial charge on any atom is 0.244 e. The van der Waals surface area contributed by atoms with E-state index in [4.69, 9.17) is 0 Å². The quantitative estimate of drug-likeness (QED) is 0.715. The van der Waals surface area contributed by atoms with E-state index in [1.165, 1.54) is 0 Å². The molecule has 0 amide bonds. The van der Waals surface area contributed by atoms with Crippen LogP contribution in [0.2, 0.25) is 0 Å². The fourth-order valence-electron chi connectivity index (χ4n) is 1.96. The zero-order valence-corrected chi connectivity index (χ0v) is 13.2. The first-order valence-electron chi connectivity index (χ1n) is 6.90. The minimum Gasteiger partial charge on any atom is -0.372 e. The van der Waals surface area contributed by atoms with Crippen molar-refractivity contribution < 1.29 is 8.42 Å². The molecule has 0 radical (unpaired) electrons. The van der Waals surface area contributed by atoms with Gasteiger partial charge in [0.15, 0.2) is 0 Å². The van der Waals surface area contributed by atoms with Gasteiger partial charge in [0.05, 0.1) is 0 Å². The molecule has 0 aliphatic heterocycles. The molecule has 20 heavy (non-hydrogen) atoms. The lowest BCUT2D eigenvalue weighted by atomic mass is 10.4. The van der Waals surface area contributed by atoms with Crippen molar-refractivity contribution in [2.24, 2.45) is 0 Å². The van der Waals surface area contributed by atoms with Crippen molar-refractivity contribution in [3.05, 3.63) is 18.3 Å². The van der Waals surface area contributed by atoms with Gasteiger partial charge in [-0.3, -0.25) is 0 Å². The van der Waals surface area contributed by atoms with Gasteiger partial charge >= 0.3 is 0 Å². The third-order valence-corrected chi connectivity index (χ3v) is 4.50. The highest BCUT2D eigenvalue weighted by atomic mass is 32.2. The van der Waals surface area contributed by atoms with E-state index in [9.17, 15) is 8.42 Å². The Kier molecular flexibility index (Phi) is 6.90. The van der Waals surface area contributed by atoms with E-state index in [0.717, 1.165) is 19.5 Å². The second-order valence-electron chi connectivity index (χ2n) is 4.43. The first-order valence-corrected chi connectivity index (χ1v) is 8.38. The summed E-state index contributed by atoms with van der Waals surface area (Å²) >= 11 is 0. The van der Waals surface area contributed by atoms with Gasteiger partial charge in [0, 0.05) is 26.3 Å². The van der Waals surface area contributed by atoms with Crippen LogP contribution < -0.4 is 10.0 Å². The third-order valence-electron chi connectivity index (χ3n) is 3.00. The zero-order chi connectivity index (χ0) is 15.0. The van der Waals surface area contributed by atoms with E-state index in [2.05, 4.69) is 33.8 Å². The monoisotopic (exact) mass is 300 g/mol. The van der Waals surface area contributed by atoms with E-state index in [1.54, 1.807) is 25.4 Å². The Bertz CT molecular complexity index is 505. The Hall–Kier alpha value is -1.18. The van der Waals surface area contributed by atoms with E-state index < -0.39 is 10.0 Å². The lowest BCUT2D eigenvalue weighted by Crippen LogP contribution is -2.35. The summed E-state index contributed by atoms with van der Waals surface area (Å²) in [6.07, 6.45) is 2.62. The number of hydrogen-bond donors (Lipinski definition) is 2. The first-order chi connectivity index (χ1) is 9.55. The Morgan fingerprint density at radius 2 is 2.05 bits per heavy atom. The Morgan fingerprint density at radius 1 is 1.30 bits per heavy atom. The number of pyridine rings is 1. The molecule has 0 aromatic carbocycles. The smallest absolute Gasteiger partial charge is 0.244 e. The van der Waals surface area contributed by atoms with Crippen LogP contribution in [0.25, 0.3) is 0 Å². The molecule has 114 valence electrons. The van der Waals surface area contributed by atoms with Crippen LogP contribution in [-0.4, -0.2) is 51.5 Å². The summed E-state index contributed by atoms with van der Waals surface area (Å²) in [5.41, 5.74) is 0. The van der Waals surface area contributed by atoms with E-state index >= 15 is 0 Å². The van der Waals surface area contributed by atoms with Gasteiger partial charge < -0.3 is 10.2 Å². The highest BCUT2D eigenvalue weighted by molar-refractivity contribution is 7.89. The van der Waals surface area contributed by atoms with Crippen molar-refractivity contribution in [1.82, 2.24) is 14.6 Å². The number of rotatable bonds is 9.